The summed E-state index contributed by atoms with van der Waals surface area (Å²) in [5, 5.41) is 2.74. The smallest absolute Gasteiger partial charge is 0.257 e. The zero-order valence-corrected chi connectivity index (χ0v) is 14.3. The minimum Gasteiger partial charge on any atom is -0.475 e. The molecule has 134 valence electrons. The van der Waals surface area contributed by atoms with E-state index in [4.69, 9.17) is 9.47 Å². The van der Waals surface area contributed by atoms with Crippen LogP contribution in [0.15, 0.2) is 53.5 Å². The third-order valence-electron chi connectivity index (χ3n) is 3.78. The number of methoxy groups -OCH3 is 1. The van der Waals surface area contributed by atoms with E-state index in [2.05, 4.69) is 15.3 Å². The number of pyridine rings is 2. The lowest BCUT2D eigenvalue weighted by atomic mass is 10.2. The van der Waals surface area contributed by atoms with Crippen LogP contribution in [0.3, 0.4) is 0 Å². The lowest BCUT2D eigenvalue weighted by molar-refractivity contribution is 0.0949. The van der Waals surface area contributed by atoms with Crippen molar-refractivity contribution in [2.24, 2.45) is 0 Å². The van der Waals surface area contributed by atoms with Crippen molar-refractivity contribution in [3.63, 3.8) is 0 Å². The number of hydrogen-bond acceptors (Lipinski definition) is 5. The summed E-state index contributed by atoms with van der Waals surface area (Å²) in [6, 6.07) is 12.8. The Kier molecular flexibility index (Phi) is 5.60. The Morgan fingerprint density at radius 3 is 2.73 bits per heavy atom. The van der Waals surface area contributed by atoms with Crippen LogP contribution in [0, 0.1) is 0 Å². The van der Waals surface area contributed by atoms with Crippen LogP contribution in [0.25, 0.3) is 11.0 Å². The number of fused-ring (bicyclic) bond motifs is 1. The monoisotopic (exact) mass is 353 g/mol. The van der Waals surface area contributed by atoms with Gasteiger partial charge in [-0.1, -0.05) is 30.3 Å². The Balaban J connectivity index is 1.80. The molecule has 3 rings (SSSR count). The topological polar surface area (TPSA) is 93.3 Å². The Hall–Kier alpha value is -3.19. The highest BCUT2D eigenvalue weighted by atomic mass is 16.5. The number of H-pyrrole nitrogens is 1. The third-order valence-corrected chi connectivity index (χ3v) is 3.78. The molecule has 0 radical (unpaired) electrons. The highest BCUT2D eigenvalue weighted by Gasteiger charge is 2.14. The molecule has 0 atom stereocenters. The lowest BCUT2D eigenvalue weighted by Crippen LogP contribution is -2.28. The first-order chi connectivity index (χ1) is 12.7. The van der Waals surface area contributed by atoms with Gasteiger partial charge in [-0.2, -0.15) is 0 Å². The molecule has 0 saturated carbocycles. The SMILES string of the molecule is COCCOc1ccc2[nH]cc(C(=O)NCc3ccccc3)c(=O)c2n1. The maximum Gasteiger partial charge on any atom is 0.257 e. The van der Waals surface area contributed by atoms with Crippen molar-refractivity contribution < 1.29 is 14.3 Å². The first-order valence-corrected chi connectivity index (χ1v) is 8.15. The molecule has 0 aliphatic heterocycles. The second-order valence-electron chi connectivity index (χ2n) is 5.59. The summed E-state index contributed by atoms with van der Waals surface area (Å²) in [6.45, 7) is 1.08. The fourth-order valence-corrected chi connectivity index (χ4v) is 2.43. The van der Waals surface area contributed by atoms with Gasteiger partial charge in [0, 0.05) is 25.9 Å². The van der Waals surface area contributed by atoms with E-state index in [-0.39, 0.29) is 11.1 Å². The number of nitrogens with one attached hydrogen (secondary N) is 2. The van der Waals surface area contributed by atoms with Crippen molar-refractivity contribution in [3.8, 4) is 5.88 Å². The van der Waals surface area contributed by atoms with Gasteiger partial charge in [0.25, 0.3) is 5.91 Å². The number of hydrogen-bond donors (Lipinski definition) is 2. The predicted octanol–water partition coefficient (Wildman–Crippen LogP) is 1.88. The van der Waals surface area contributed by atoms with Gasteiger partial charge in [0.15, 0.2) is 0 Å². The molecule has 0 aliphatic carbocycles. The van der Waals surface area contributed by atoms with Crippen LogP contribution >= 0.6 is 0 Å². The number of amides is 1. The van der Waals surface area contributed by atoms with Crippen LogP contribution in [0.2, 0.25) is 0 Å². The van der Waals surface area contributed by atoms with E-state index in [1.165, 1.54) is 6.20 Å². The number of rotatable bonds is 7. The summed E-state index contributed by atoms with van der Waals surface area (Å²) in [5.74, 6) is -0.147. The number of ether oxygens (including phenoxy) is 2. The molecule has 7 heteroatoms. The summed E-state index contributed by atoms with van der Waals surface area (Å²) in [7, 11) is 1.57. The van der Waals surface area contributed by atoms with E-state index in [1.807, 2.05) is 30.3 Å². The quantitative estimate of drug-likeness (QED) is 0.633. The molecule has 2 heterocycles. The molecule has 0 aliphatic rings. The summed E-state index contributed by atoms with van der Waals surface area (Å²) in [5.41, 5.74) is 1.21. The van der Waals surface area contributed by atoms with Gasteiger partial charge in [-0.15, -0.1) is 0 Å². The van der Waals surface area contributed by atoms with Gasteiger partial charge in [-0.3, -0.25) is 9.59 Å². The van der Waals surface area contributed by atoms with Crippen molar-refractivity contribution in [1.82, 2.24) is 15.3 Å². The number of carbonyl (C=O) groups is 1. The molecule has 1 amide bonds. The molecular formula is C19H19N3O4. The molecule has 2 N–H and O–H groups in total. The lowest BCUT2D eigenvalue weighted by Gasteiger charge is -2.07. The van der Waals surface area contributed by atoms with E-state index in [0.717, 1.165) is 5.56 Å². The van der Waals surface area contributed by atoms with Crippen LogP contribution < -0.4 is 15.5 Å². The number of benzene rings is 1. The zero-order valence-electron chi connectivity index (χ0n) is 14.3. The molecule has 0 fully saturated rings. The van der Waals surface area contributed by atoms with E-state index < -0.39 is 11.3 Å². The Morgan fingerprint density at radius 2 is 1.96 bits per heavy atom. The molecule has 26 heavy (non-hydrogen) atoms. The fourth-order valence-electron chi connectivity index (χ4n) is 2.43. The molecule has 7 nitrogen and oxygen atoms in total. The van der Waals surface area contributed by atoms with Gasteiger partial charge in [-0.25, -0.2) is 4.98 Å². The van der Waals surface area contributed by atoms with Crippen LogP contribution in [0.5, 0.6) is 5.88 Å². The molecule has 0 bridgehead atoms. The summed E-state index contributed by atoms with van der Waals surface area (Å²) < 4.78 is 10.3. The number of nitrogens with zero attached hydrogens (tertiary/aromatic N) is 1. The van der Waals surface area contributed by atoms with Crippen LogP contribution in [0.4, 0.5) is 0 Å². The Morgan fingerprint density at radius 1 is 1.15 bits per heavy atom. The van der Waals surface area contributed by atoms with Crippen molar-refractivity contribution in [1.29, 1.82) is 0 Å². The Labute approximate surface area is 150 Å². The molecule has 0 spiro atoms. The molecule has 1 aromatic carbocycles. The predicted molar refractivity (Wildman–Crippen MR) is 97.3 cm³/mol. The van der Waals surface area contributed by atoms with Gasteiger partial charge >= 0.3 is 0 Å². The summed E-state index contributed by atoms with van der Waals surface area (Å²) in [4.78, 5) is 32.1. The molecule has 3 aromatic rings. The number of aromatic nitrogens is 2. The molecule has 0 saturated heterocycles. The van der Waals surface area contributed by atoms with E-state index >= 15 is 0 Å². The largest absolute Gasteiger partial charge is 0.475 e. The van der Waals surface area contributed by atoms with Gasteiger partial charge in [-0.05, 0) is 11.6 Å². The highest BCUT2D eigenvalue weighted by molar-refractivity contribution is 5.96. The summed E-state index contributed by atoms with van der Waals surface area (Å²) in [6.07, 6.45) is 1.40. The first kappa shape index (κ1) is 17.6. The number of carbonyl (C=O) groups excluding carboxylic acids is 1. The first-order valence-electron chi connectivity index (χ1n) is 8.15. The van der Waals surface area contributed by atoms with Crippen molar-refractivity contribution >= 4 is 16.9 Å². The van der Waals surface area contributed by atoms with Crippen molar-refractivity contribution in [2.75, 3.05) is 20.3 Å². The average Bonchev–Trinajstić information content (AvgIpc) is 2.68. The van der Waals surface area contributed by atoms with Crippen LogP contribution in [0.1, 0.15) is 15.9 Å². The van der Waals surface area contributed by atoms with Gasteiger partial charge in [0.05, 0.1) is 12.1 Å². The second-order valence-corrected chi connectivity index (χ2v) is 5.59. The average molecular weight is 353 g/mol. The standard InChI is InChI=1S/C19H19N3O4/c1-25-9-10-26-16-8-7-15-17(22-16)18(23)14(12-20-15)19(24)21-11-13-5-3-2-4-6-13/h2-8,12H,9-11H2,1H3,(H,20,23)(H,21,24). The van der Waals surface area contributed by atoms with Crippen molar-refractivity contribution in [2.45, 2.75) is 6.54 Å². The second kappa shape index (κ2) is 8.26. The van der Waals surface area contributed by atoms with Gasteiger partial charge in [0.1, 0.15) is 17.7 Å². The fraction of sp³-hybridized carbons (Fsp3) is 0.211. The molecule has 0 unspecified atom stereocenters. The third kappa shape index (κ3) is 4.07. The van der Waals surface area contributed by atoms with Gasteiger partial charge in [0.2, 0.25) is 11.3 Å². The molecular weight excluding hydrogens is 334 g/mol. The van der Waals surface area contributed by atoms with Crippen LogP contribution in [-0.4, -0.2) is 36.2 Å². The maximum atomic E-state index is 12.6. The van der Waals surface area contributed by atoms with E-state index in [1.54, 1.807) is 19.2 Å². The summed E-state index contributed by atoms with van der Waals surface area (Å²) >= 11 is 0. The number of aromatic amines is 1. The van der Waals surface area contributed by atoms with E-state index in [9.17, 15) is 9.59 Å². The zero-order chi connectivity index (χ0) is 18.4. The van der Waals surface area contributed by atoms with Crippen LogP contribution in [-0.2, 0) is 11.3 Å². The maximum absolute atomic E-state index is 12.6. The van der Waals surface area contributed by atoms with Gasteiger partial charge < -0.3 is 19.8 Å². The minimum absolute atomic E-state index is 0.00923. The van der Waals surface area contributed by atoms with Crippen molar-refractivity contribution in [3.05, 3.63) is 70.0 Å². The van der Waals surface area contributed by atoms with E-state index in [0.29, 0.717) is 31.2 Å². The molecule has 2 aromatic heterocycles. The minimum atomic E-state index is -0.454. The Bertz CT molecular complexity index is 954. The normalized spacial score (nSPS) is 10.7. The highest BCUT2D eigenvalue weighted by Crippen LogP contribution is 2.12.